The Kier molecular flexibility index (Phi) is 5.00. The zero-order valence-corrected chi connectivity index (χ0v) is 10.7. The summed E-state index contributed by atoms with van der Waals surface area (Å²) < 4.78 is 5.10. The second kappa shape index (κ2) is 5.80. The number of methoxy groups -OCH3 is 1. The van der Waals surface area contributed by atoms with E-state index in [-0.39, 0.29) is 6.10 Å². The Hall–Kier alpha value is -0.150. The monoisotopic (exact) mass is 267 g/mol. The Bertz CT molecular complexity index is 344. The fourth-order valence-electron chi connectivity index (χ4n) is 0.995. The molecular weight excluding hydrogens is 256 g/mol. The standard InChI is InChI=1S/C10H12Cl3NO/c1-6(15-2)5-14-10-4-8(12)7(11)3-9(10)13/h3-4,6,14H,5H2,1-2H3. The second-order valence-corrected chi connectivity index (χ2v) is 4.39. The van der Waals surface area contributed by atoms with Gasteiger partial charge in [0.2, 0.25) is 0 Å². The number of anilines is 1. The van der Waals surface area contributed by atoms with E-state index in [4.69, 9.17) is 39.5 Å². The Balaban J connectivity index is 2.73. The predicted octanol–water partition coefficient (Wildman–Crippen LogP) is 4.09. The molecule has 0 bridgehead atoms. The smallest absolute Gasteiger partial charge is 0.0715 e. The molecule has 1 unspecified atom stereocenters. The Morgan fingerprint density at radius 3 is 2.40 bits per heavy atom. The average molecular weight is 269 g/mol. The van der Waals surface area contributed by atoms with E-state index in [9.17, 15) is 0 Å². The van der Waals surface area contributed by atoms with E-state index in [2.05, 4.69) is 5.32 Å². The summed E-state index contributed by atoms with van der Waals surface area (Å²) in [5, 5.41) is 4.61. The van der Waals surface area contributed by atoms with Gasteiger partial charge in [-0.25, -0.2) is 0 Å². The van der Waals surface area contributed by atoms with E-state index in [1.165, 1.54) is 0 Å². The molecule has 5 heteroatoms. The third kappa shape index (κ3) is 3.72. The van der Waals surface area contributed by atoms with E-state index >= 15 is 0 Å². The highest BCUT2D eigenvalue weighted by molar-refractivity contribution is 6.44. The lowest BCUT2D eigenvalue weighted by molar-refractivity contribution is 0.129. The molecule has 1 aromatic rings. The molecule has 0 aliphatic heterocycles. The molecule has 2 nitrogen and oxygen atoms in total. The quantitative estimate of drug-likeness (QED) is 0.830. The SMILES string of the molecule is COC(C)CNc1cc(Cl)c(Cl)cc1Cl. The van der Waals surface area contributed by atoms with Gasteiger partial charge in [0.25, 0.3) is 0 Å². The molecule has 0 radical (unpaired) electrons. The van der Waals surface area contributed by atoms with E-state index in [0.29, 0.717) is 21.6 Å². The zero-order chi connectivity index (χ0) is 11.4. The van der Waals surface area contributed by atoms with Gasteiger partial charge < -0.3 is 10.1 Å². The number of nitrogens with one attached hydrogen (secondary N) is 1. The number of hydrogen-bond acceptors (Lipinski definition) is 2. The van der Waals surface area contributed by atoms with Crippen LogP contribution in [0, 0.1) is 0 Å². The van der Waals surface area contributed by atoms with Gasteiger partial charge in [-0.2, -0.15) is 0 Å². The maximum absolute atomic E-state index is 5.98. The molecule has 1 N–H and O–H groups in total. The van der Waals surface area contributed by atoms with Gasteiger partial charge in [-0.3, -0.25) is 0 Å². The van der Waals surface area contributed by atoms with Crippen molar-refractivity contribution in [3.05, 3.63) is 27.2 Å². The van der Waals surface area contributed by atoms with Gasteiger partial charge in [-0.15, -0.1) is 0 Å². The normalized spacial score (nSPS) is 12.6. The summed E-state index contributed by atoms with van der Waals surface area (Å²) in [7, 11) is 1.66. The van der Waals surface area contributed by atoms with Crippen LogP contribution >= 0.6 is 34.8 Å². The second-order valence-electron chi connectivity index (χ2n) is 3.17. The summed E-state index contributed by atoms with van der Waals surface area (Å²) in [5.41, 5.74) is 0.759. The van der Waals surface area contributed by atoms with Crippen LogP contribution in [0.15, 0.2) is 12.1 Å². The van der Waals surface area contributed by atoms with Crippen molar-refractivity contribution < 1.29 is 4.74 Å². The van der Waals surface area contributed by atoms with Gasteiger partial charge >= 0.3 is 0 Å². The van der Waals surface area contributed by atoms with Crippen LogP contribution in [-0.4, -0.2) is 19.8 Å². The third-order valence-corrected chi connectivity index (χ3v) is 3.03. The van der Waals surface area contributed by atoms with Crippen molar-refractivity contribution >= 4 is 40.5 Å². The van der Waals surface area contributed by atoms with Gasteiger partial charge in [-0.1, -0.05) is 34.8 Å². The van der Waals surface area contributed by atoms with Crippen molar-refractivity contribution in [3.63, 3.8) is 0 Å². The Morgan fingerprint density at radius 2 is 1.80 bits per heavy atom. The van der Waals surface area contributed by atoms with Crippen LogP contribution in [0.4, 0.5) is 5.69 Å². The molecule has 0 aliphatic carbocycles. The first-order valence-corrected chi connectivity index (χ1v) is 5.59. The van der Waals surface area contributed by atoms with Crippen LogP contribution in [-0.2, 0) is 4.74 Å². The van der Waals surface area contributed by atoms with Crippen molar-refractivity contribution in [1.82, 2.24) is 0 Å². The maximum atomic E-state index is 5.98. The summed E-state index contributed by atoms with van der Waals surface area (Å²) in [6, 6.07) is 3.32. The minimum atomic E-state index is 0.107. The lowest BCUT2D eigenvalue weighted by Gasteiger charge is -2.13. The highest BCUT2D eigenvalue weighted by atomic mass is 35.5. The van der Waals surface area contributed by atoms with Crippen molar-refractivity contribution in [2.75, 3.05) is 19.0 Å². The summed E-state index contributed by atoms with van der Waals surface area (Å²) in [4.78, 5) is 0. The first-order valence-electron chi connectivity index (χ1n) is 4.45. The zero-order valence-electron chi connectivity index (χ0n) is 8.48. The Morgan fingerprint density at radius 1 is 1.20 bits per heavy atom. The fraction of sp³-hybridized carbons (Fsp3) is 0.400. The lowest BCUT2D eigenvalue weighted by atomic mass is 10.3. The molecule has 1 rings (SSSR count). The first-order chi connectivity index (χ1) is 7.04. The van der Waals surface area contributed by atoms with Crippen LogP contribution in [0.25, 0.3) is 0 Å². The number of benzene rings is 1. The van der Waals surface area contributed by atoms with Crippen molar-refractivity contribution in [3.8, 4) is 0 Å². The van der Waals surface area contributed by atoms with Gasteiger partial charge in [0, 0.05) is 13.7 Å². The van der Waals surface area contributed by atoms with Gasteiger partial charge in [0.1, 0.15) is 0 Å². The molecule has 0 saturated heterocycles. The van der Waals surface area contributed by atoms with Crippen LogP contribution < -0.4 is 5.32 Å². The topological polar surface area (TPSA) is 21.3 Å². The molecule has 0 aromatic heterocycles. The maximum Gasteiger partial charge on any atom is 0.0715 e. The van der Waals surface area contributed by atoms with E-state index in [1.54, 1.807) is 19.2 Å². The number of ether oxygens (including phenoxy) is 1. The van der Waals surface area contributed by atoms with E-state index in [0.717, 1.165) is 5.69 Å². The fourth-order valence-corrected chi connectivity index (χ4v) is 1.61. The molecule has 84 valence electrons. The van der Waals surface area contributed by atoms with Gasteiger partial charge in [-0.05, 0) is 19.1 Å². The van der Waals surface area contributed by atoms with E-state index < -0.39 is 0 Å². The summed E-state index contributed by atoms with van der Waals surface area (Å²) in [6.07, 6.45) is 0.107. The van der Waals surface area contributed by atoms with E-state index in [1.807, 2.05) is 6.92 Å². The number of rotatable bonds is 4. The molecule has 1 atom stereocenters. The lowest BCUT2D eigenvalue weighted by Crippen LogP contribution is -2.18. The minimum Gasteiger partial charge on any atom is -0.381 e. The highest BCUT2D eigenvalue weighted by Crippen LogP contribution is 2.32. The van der Waals surface area contributed by atoms with Crippen LogP contribution in [0.2, 0.25) is 15.1 Å². The largest absolute Gasteiger partial charge is 0.381 e. The highest BCUT2D eigenvalue weighted by Gasteiger charge is 2.06. The summed E-state index contributed by atoms with van der Waals surface area (Å²) >= 11 is 17.7. The first kappa shape index (κ1) is 12.9. The summed E-state index contributed by atoms with van der Waals surface area (Å²) in [5.74, 6) is 0. The summed E-state index contributed by atoms with van der Waals surface area (Å²) in [6.45, 7) is 2.62. The molecule has 0 heterocycles. The molecule has 0 fully saturated rings. The average Bonchev–Trinajstić information content (AvgIpc) is 2.21. The predicted molar refractivity (Wildman–Crippen MR) is 66.4 cm³/mol. The van der Waals surface area contributed by atoms with Gasteiger partial charge in [0.15, 0.2) is 0 Å². The van der Waals surface area contributed by atoms with Gasteiger partial charge in [0.05, 0.1) is 26.9 Å². The molecule has 0 amide bonds. The Labute approximate surface area is 104 Å². The molecule has 0 saturated carbocycles. The van der Waals surface area contributed by atoms with Crippen LogP contribution in [0.5, 0.6) is 0 Å². The van der Waals surface area contributed by atoms with Crippen molar-refractivity contribution in [1.29, 1.82) is 0 Å². The third-order valence-electron chi connectivity index (χ3n) is 1.99. The number of halogens is 3. The molecule has 15 heavy (non-hydrogen) atoms. The van der Waals surface area contributed by atoms with Crippen molar-refractivity contribution in [2.45, 2.75) is 13.0 Å². The van der Waals surface area contributed by atoms with Crippen LogP contribution in [0.3, 0.4) is 0 Å². The number of hydrogen-bond donors (Lipinski definition) is 1. The molecule has 1 aromatic carbocycles. The molecule has 0 spiro atoms. The minimum absolute atomic E-state index is 0.107. The molecular formula is C10H12Cl3NO. The molecule has 0 aliphatic rings. The van der Waals surface area contributed by atoms with Crippen LogP contribution in [0.1, 0.15) is 6.92 Å². The van der Waals surface area contributed by atoms with Crippen molar-refractivity contribution in [2.24, 2.45) is 0 Å².